The van der Waals surface area contributed by atoms with Crippen LogP contribution < -0.4 is 0 Å². The number of hydrogen-bond acceptors (Lipinski definition) is 3. The highest BCUT2D eigenvalue weighted by Gasteiger charge is 2.15. The summed E-state index contributed by atoms with van der Waals surface area (Å²) in [5.74, 6) is 1.04. The van der Waals surface area contributed by atoms with Crippen molar-refractivity contribution < 1.29 is 0 Å². The highest BCUT2D eigenvalue weighted by Crippen LogP contribution is 2.24. The lowest BCUT2D eigenvalue weighted by Crippen LogP contribution is -2.07. The summed E-state index contributed by atoms with van der Waals surface area (Å²) in [6.45, 7) is 3.97. The van der Waals surface area contributed by atoms with Gasteiger partial charge < -0.3 is 0 Å². The van der Waals surface area contributed by atoms with E-state index in [0.717, 1.165) is 30.0 Å². The minimum absolute atomic E-state index is 0.191. The Morgan fingerprint density at radius 2 is 2.18 bits per heavy atom. The van der Waals surface area contributed by atoms with Gasteiger partial charge in [-0.2, -0.15) is 5.26 Å². The van der Waals surface area contributed by atoms with Gasteiger partial charge in [-0.25, -0.2) is 4.98 Å². The molecule has 0 amide bonds. The fraction of sp³-hybridized carbons (Fsp3) is 0.538. The number of aromatic nitrogens is 1. The molecule has 17 heavy (non-hydrogen) atoms. The van der Waals surface area contributed by atoms with Crippen LogP contribution in [-0.4, -0.2) is 10.7 Å². The molecule has 0 atom stereocenters. The van der Waals surface area contributed by atoms with E-state index in [-0.39, 0.29) is 5.41 Å². The highest BCUT2D eigenvalue weighted by molar-refractivity contribution is 7.99. The first-order chi connectivity index (χ1) is 8.03. The normalized spacial score (nSPS) is 11.2. The molecule has 0 N–H and O–H groups in total. The molecule has 0 spiro atoms. The van der Waals surface area contributed by atoms with Crippen LogP contribution in [-0.2, 0) is 0 Å². The summed E-state index contributed by atoms with van der Waals surface area (Å²) in [5.41, 5.74) is -0.191. The second kappa shape index (κ2) is 6.88. The molecule has 0 aliphatic heterocycles. The van der Waals surface area contributed by atoms with Gasteiger partial charge >= 0.3 is 0 Å². The zero-order valence-electron chi connectivity index (χ0n) is 10.2. The van der Waals surface area contributed by atoms with Crippen molar-refractivity contribution in [3.63, 3.8) is 0 Å². The smallest absolute Gasteiger partial charge is 0.0960 e. The summed E-state index contributed by atoms with van der Waals surface area (Å²) in [5, 5.41) is 10.6. The molecule has 0 aliphatic carbocycles. The van der Waals surface area contributed by atoms with Gasteiger partial charge in [0.1, 0.15) is 0 Å². The summed E-state index contributed by atoms with van der Waals surface area (Å²) in [4.78, 5) is 4.22. The highest BCUT2D eigenvalue weighted by atomic mass is 35.5. The molecule has 1 aromatic heterocycles. The molecule has 92 valence electrons. The van der Waals surface area contributed by atoms with Gasteiger partial charge in [-0.05, 0) is 44.6 Å². The van der Waals surface area contributed by atoms with E-state index in [2.05, 4.69) is 11.1 Å². The van der Waals surface area contributed by atoms with E-state index in [0.29, 0.717) is 5.02 Å². The van der Waals surface area contributed by atoms with E-state index in [4.69, 9.17) is 16.9 Å². The number of nitrogens with zero attached hydrogens (tertiary/aromatic N) is 2. The predicted molar refractivity (Wildman–Crippen MR) is 73.2 cm³/mol. The van der Waals surface area contributed by atoms with Crippen molar-refractivity contribution in [1.29, 1.82) is 5.26 Å². The summed E-state index contributed by atoms with van der Waals surface area (Å²) in [7, 11) is 0. The number of pyridine rings is 1. The third kappa shape index (κ3) is 5.95. The van der Waals surface area contributed by atoms with Gasteiger partial charge in [-0.3, -0.25) is 0 Å². The number of nitriles is 1. The van der Waals surface area contributed by atoms with Crippen molar-refractivity contribution in [3.8, 4) is 6.07 Å². The maximum Gasteiger partial charge on any atom is 0.0960 e. The monoisotopic (exact) mass is 268 g/mol. The van der Waals surface area contributed by atoms with Crippen molar-refractivity contribution in [2.75, 3.05) is 5.75 Å². The average Bonchev–Trinajstić information content (AvgIpc) is 2.31. The third-order valence-corrected chi connectivity index (χ3v) is 3.70. The Morgan fingerprint density at radius 3 is 2.76 bits per heavy atom. The Kier molecular flexibility index (Phi) is 5.80. The summed E-state index contributed by atoms with van der Waals surface area (Å²) >= 11 is 7.49. The van der Waals surface area contributed by atoms with Crippen LogP contribution in [0.2, 0.25) is 5.02 Å². The largest absolute Gasteiger partial charge is 0.248 e. The zero-order valence-corrected chi connectivity index (χ0v) is 11.8. The van der Waals surface area contributed by atoms with Gasteiger partial charge in [0.15, 0.2) is 0 Å². The minimum atomic E-state index is -0.191. The van der Waals surface area contributed by atoms with Crippen molar-refractivity contribution in [3.05, 3.63) is 23.4 Å². The number of halogens is 1. The van der Waals surface area contributed by atoms with E-state index in [1.54, 1.807) is 18.0 Å². The molecule has 0 unspecified atom stereocenters. The molecule has 0 saturated carbocycles. The van der Waals surface area contributed by atoms with E-state index in [1.165, 1.54) is 0 Å². The molecule has 4 heteroatoms. The first-order valence-corrected chi connectivity index (χ1v) is 7.05. The maximum absolute atomic E-state index is 8.88. The van der Waals surface area contributed by atoms with Gasteiger partial charge in [-0.1, -0.05) is 18.0 Å². The summed E-state index contributed by atoms with van der Waals surface area (Å²) < 4.78 is 0. The van der Waals surface area contributed by atoms with Gasteiger partial charge in [-0.15, -0.1) is 11.8 Å². The standard InChI is InChI=1S/C13H17ClN2S/c1-13(2,10-15)7-3-4-8-17-12-6-5-11(14)9-16-12/h5-6,9H,3-4,7-8H2,1-2H3. The molecular weight excluding hydrogens is 252 g/mol. The van der Waals surface area contributed by atoms with Gasteiger partial charge in [0.2, 0.25) is 0 Å². The number of hydrogen-bond donors (Lipinski definition) is 0. The zero-order chi connectivity index (χ0) is 12.7. The predicted octanol–water partition coefficient (Wildman–Crippen LogP) is 4.55. The van der Waals surface area contributed by atoms with Gasteiger partial charge in [0.05, 0.1) is 21.5 Å². The summed E-state index contributed by atoms with van der Waals surface area (Å²) in [6.07, 6.45) is 4.82. The lowest BCUT2D eigenvalue weighted by atomic mass is 9.89. The quantitative estimate of drug-likeness (QED) is 0.561. The Hall–Kier alpha value is -0.720. The van der Waals surface area contributed by atoms with Crippen LogP contribution in [0.15, 0.2) is 23.4 Å². The Labute approximate surface area is 112 Å². The molecule has 1 rings (SSSR count). The first-order valence-electron chi connectivity index (χ1n) is 5.69. The van der Waals surface area contributed by atoms with E-state index in [1.807, 2.05) is 26.0 Å². The van der Waals surface area contributed by atoms with Gasteiger partial charge in [0.25, 0.3) is 0 Å². The Balaban J connectivity index is 2.17. The Bertz CT molecular complexity index is 381. The molecule has 0 aliphatic rings. The lowest BCUT2D eigenvalue weighted by Gasteiger charge is -2.13. The Morgan fingerprint density at radius 1 is 1.41 bits per heavy atom. The van der Waals surface area contributed by atoms with E-state index < -0.39 is 0 Å². The lowest BCUT2D eigenvalue weighted by molar-refractivity contribution is 0.433. The molecule has 2 nitrogen and oxygen atoms in total. The minimum Gasteiger partial charge on any atom is -0.248 e. The van der Waals surface area contributed by atoms with Crippen LogP contribution >= 0.6 is 23.4 Å². The fourth-order valence-electron chi connectivity index (χ4n) is 1.35. The molecule has 0 radical (unpaired) electrons. The first kappa shape index (κ1) is 14.3. The van der Waals surface area contributed by atoms with E-state index in [9.17, 15) is 0 Å². The second-order valence-corrected chi connectivity index (χ2v) is 6.17. The van der Waals surface area contributed by atoms with Crippen LogP contribution in [0.25, 0.3) is 0 Å². The van der Waals surface area contributed by atoms with Crippen LogP contribution in [0.5, 0.6) is 0 Å². The van der Waals surface area contributed by atoms with Gasteiger partial charge in [0, 0.05) is 6.20 Å². The molecule has 1 aromatic rings. The fourth-order valence-corrected chi connectivity index (χ4v) is 2.31. The van der Waals surface area contributed by atoms with Crippen LogP contribution in [0.1, 0.15) is 33.1 Å². The summed E-state index contributed by atoms with van der Waals surface area (Å²) in [6, 6.07) is 6.12. The molecule has 1 heterocycles. The number of rotatable bonds is 6. The second-order valence-electron chi connectivity index (χ2n) is 4.62. The number of unbranched alkanes of at least 4 members (excludes halogenated alkanes) is 1. The topological polar surface area (TPSA) is 36.7 Å². The van der Waals surface area contributed by atoms with Crippen LogP contribution in [0.3, 0.4) is 0 Å². The van der Waals surface area contributed by atoms with Crippen molar-refractivity contribution in [2.45, 2.75) is 38.1 Å². The van der Waals surface area contributed by atoms with Crippen LogP contribution in [0, 0.1) is 16.7 Å². The van der Waals surface area contributed by atoms with Crippen molar-refractivity contribution in [2.24, 2.45) is 5.41 Å². The molecule has 0 fully saturated rings. The average molecular weight is 269 g/mol. The van der Waals surface area contributed by atoms with Crippen molar-refractivity contribution >= 4 is 23.4 Å². The maximum atomic E-state index is 8.88. The number of thioether (sulfide) groups is 1. The van der Waals surface area contributed by atoms with E-state index >= 15 is 0 Å². The SMILES string of the molecule is CC(C)(C#N)CCCCSc1ccc(Cl)cn1. The molecule has 0 aromatic carbocycles. The third-order valence-electron chi connectivity index (χ3n) is 2.45. The van der Waals surface area contributed by atoms with Crippen LogP contribution in [0.4, 0.5) is 0 Å². The molecular formula is C13H17ClN2S. The molecule has 0 saturated heterocycles. The van der Waals surface area contributed by atoms with Crippen molar-refractivity contribution in [1.82, 2.24) is 4.98 Å². The molecule has 0 bridgehead atoms.